The molecule has 0 aliphatic carbocycles. The largest absolute Gasteiger partial charge is 0.451 e. The number of hydrogen-bond acceptors (Lipinski definition) is 4. The van der Waals surface area contributed by atoms with Gasteiger partial charge < -0.3 is 5.32 Å². The summed E-state index contributed by atoms with van der Waals surface area (Å²) in [6, 6.07) is 1.53. The van der Waals surface area contributed by atoms with Gasteiger partial charge >= 0.3 is 6.18 Å². The summed E-state index contributed by atoms with van der Waals surface area (Å²) in [4.78, 5) is 6.98. The Balaban J connectivity index is 3.05. The van der Waals surface area contributed by atoms with E-state index in [2.05, 4.69) is 15.3 Å². The predicted molar refractivity (Wildman–Crippen MR) is 66.7 cm³/mol. The molecule has 1 heterocycles. The van der Waals surface area contributed by atoms with E-state index >= 15 is 0 Å². The maximum absolute atomic E-state index is 12.6. The summed E-state index contributed by atoms with van der Waals surface area (Å²) in [6.07, 6.45) is -4.52. The molecule has 0 aliphatic rings. The molecule has 7 heteroatoms. The standard InChI is InChI=1S/C11H16F3N3S/c1-6(2)7(3)18-9-5-8(15-4)16-10(17-9)11(12,13)14/h5-7H,1-4H3,(H,15,16,17). The van der Waals surface area contributed by atoms with Crippen LogP contribution in [0.3, 0.4) is 0 Å². The molecule has 0 saturated carbocycles. The van der Waals surface area contributed by atoms with Crippen LogP contribution >= 0.6 is 11.8 Å². The summed E-state index contributed by atoms with van der Waals surface area (Å²) in [5.41, 5.74) is 0. The maximum atomic E-state index is 12.6. The highest BCUT2D eigenvalue weighted by Crippen LogP contribution is 2.32. The molecular formula is C11H16F3N3S. The average Bonchev–Trinajstić information content (AvgIpc) is 2.27. The van der Waals surface area contributed by atoms with Gasteiger partial charge in [-0.15, -0.1) is 11.8 Å². The van der Waals surface area contributed by atoms with Crippen LogP contribution in [0.25, 0.3) is 0 Å². The Morgan fingerprint density at radius 3 is 2.28 bits per heavy atom. The lowest BCUT2D eigenvalue weighted by molar-refractivity contribution is -0.145. The molecule has 0 amide bonds. The predicted octanol–water partition coefficient (Wildman–Crippen LogP) is 3.67. The molecule has 0 aliphatic heterocycles. The third-order valence-corrected chi connectivity index (χ3v) is 3.82. The van der Waals surface area contributed by atoms with E-state index in [-0.39, 0.29) is 11.1 Å². The van der Waals surface area contributed by atoms with Gasteiger partial charge in [0.2, 0.25) is 5.82 Å². The molecule has 0 fully saturated rings. The molecule has 1 N–H and O–H groups in total. The fourth-order valence-electron chi connectivity index (χ4n) is 1.07. The summed E-state index contributed by atoms with van der Waals surface area (Å²) < 4.78 is 37.9. The van der Waals surface area contributed by atoms with Crippen LogP contribution in [0.2, 0.25) is 0 Å². The van der Waals surface area contributed by atoms with Gasteiger partial charge in [-0.2, -0.15) is 13.2 Å². The van der Waals surface area contributed by atoms with Crippen molar-refractivity contribution in [1.29, 1.82) is 0 Å². The number of aromatic nitrogens is 2. The molecule has 0 saturated heterocycles. The third kappa shape index (κ3) is 4.04. The van der Waals surface area contributed by atoms with Gasteiger partial charge in [0.05, 0.1) is 0 Å². The lowest BCUT2D eigenvalue weighted by Crippen LogP contribution is -2.14. The van der Waals surface area contributed by atoms with Gasteiger partial charge in [-0.3, -0.25) is 0 Å². The Morgan fingerprint density at radius 1 is 1.22 bits per heavy atom. The van der Waals surface area contributed by atoms with Gasteiger partial charge in [0.15, 0.2) is 0 Å². The Bertz CT molecular complexity index is 407. The number of rotatable bonds is 4. The van der Waals surface area contributed by atoms with Crippen molar-refractivity contribution in [1.82, 2.24) is 9.97 Å². The number of anilines is 1. The van der Waals surface area contributed by atoms with Crippen LogP contribution in [0.15, 0.2) is 11.1 Å². The molecule has 1 aromatic heterocycles. The van der Waals surface area contributed by atoms with E-state index in [0.29, 0.717) is 10.9 Å². The highest BCUT2D eigenvalue weighted by Gasteiger charge is 2.35. The Hall–Kier alpha value is -0.980. The number of thioether (sulfide) groups is 1. The van der Waals surface area contributed by atoms with Gasteiger partial charge in [-0.1, -0.05) is 20.8 Å². The summed E-state index contributed by atoms with van der Waals surface area (Å²) in [7, 11) is 1.53. The minimum atomic E-state index is -4.52. The molecule has 1 atom stereocenters. The van der Waals surface area contributed by atoms with Crippen LogP contribution in [0.1, 0.15) is 26.6 Å². The fourth-order valence-corrected chi connectivity index (χ4v) is 2.04. The zero-order valence-electron chi connectivity index (χ0n) is 10.7. The number of alkyl halides is 3. The first kappa shape index (κ1) is 15.1. The molecular weight excluding hydrogens is 263 g/mol. The Kier molecular flexibility index (Phi) is 4.84. The highest BCUT2D eigenvalue weighted by molar-refractivity contribution is 7.99. The van der Waals surface area contributed by atoms with Crippen LogP contribution in [-0.4, -0.2) is 22.3 Å². The molecule has 0 spiro atoms. The zero-order chi connectivity index (χ0) is 13.9. The number of hydrogen-bond donors (Lipinski definition) is 1. The number of nitrogens with one attached hydrogen (secondary N) is 1. The van der Waals surface area contributed by atoms with Crippen molar-refractivity contribution in [3.8, 4) is 0 Å². The summed E-state index contributed by atoms with van der Waals surface area (Å²) in [5.74, 6) is -0.569. The SMILES string of the molecule is CNc1cc(SC(C)C(C)C)nc(C(F)(F)F)n1. The molecule has 0 aromatic carbocycles. The van der Waals surface area contributed by atoms with Gasteiger partial charge in [-0.25, -0.2) is 9.97 Å². The number of nitrogens with zero attached hydrogens (tertiary/aromatic N) is 2. The Morgan fingerprint density at radius 2 is 1.83 bits per heavy atom. The van der Waals surface area contributed by atoms with E-state index < -0.39 is 12.0 Å². The van der Waals surface area contributed by atoms with Gasteiger partial charge in [0.25, 0.3) is 0 Å². The summed E-state index contributed by atoms with van der Waals surface area (Å²) in [6.45, 7) is 5.99. The minimum Gasteiger partial charge on any atom is -0.373 e. The summed E-state index contributed by atoms with van der Waals surface area (Å²) >= 11 is 1.32. The van der Waals surface area contributed by atoms with Crippen LogP contribution in [-0.2, 0) is 6.18 Å². The zero-order valence-corrected chi connectivity index (χ0v) is 11.5. The quantitative estimate of drug-likeness (QED) is 0.674. The number of halogens is 3. The summed E-state index contributed by atoms with van der Waals surface area (Å²) in [5, 5.41) is 3.14. The lowest BCUT2D eigenvalue weighted by atomic mass is 10.2. The average molecular weight is 279 g/mol. The third-order valence-electron chi connectivity index (χ3n) is 2.46. The van der Waals surface area contributed by atoms with E-state index in [4.69, 9.17) is 0 Å². The van der Waals surface area contributed by atoms with Crippen LogP contribution in [0.4, 0.5) is 19.0 Å². The molecule has 1 rings (SSSR count). The maximum Gasteiger partial charge on any atom is 0.451 e. The fraction of sp³-hybridized carbons (Fsp3) is 0.636. The van der Waals surface area contributed by atoms with Crippen molar-refractivity contribution in [2.75, 3.05) is 12.4 Å². The van der Waals surface area contributed by atoms with Crippen molar-refractivity contribution in [2.45, 2.75) is 37.2 Å². The normalized spacial score (nSPS) is 13.8. The first-order valence-electron chi connectivity index (χ1n) is 5.54. The van der Waals surface area contributed by atoms with Crippen molar-refractivity contribution in [3.63, 3.8) is 0 Å². The molecule has 3 nitrogen and oxygen atoms in total. The smallest absolute Gasteiger partial charge is 0.373 e. The molecule has 0 radical (unpaired) electrons. The van der Waals surface area contributed by atoms with Gasteiger partial charge in [-0.05, 0) is 5.92 Å². The molecule has 102 valence electrons. The molecule has 0 bridgehead atoms. The molecule has 1 unspecified atom stereocenters. The molecule has 1 aromatic rings. The van der Waals surface area contributed by atoms with E-state index in [1.807, 2.05) is 20.8 Å². The van der Waals surface area contributed by atoms with Crippen molar-refractivity contribution >= 4 is 17.6 Å². The topological polar surface area (TPSA) is 37.8 Å². The van der Waals surface area contributed by atoms with E-state index in [1.54, 1.807) is 0 Å². The Labute approximate surface area is 109 Å². The van der Waals surface area contributed by atoms with E-state index in [9.17, 15) is 13.2 Å². The second-order valence-corrected chi connectivity index (χ2v) is 5.63. The van der Waals surface area contributed by atoms with Crippen molar-refractivity contribution < 1.29 is 13.2 Å². The van der Waals surface area contributed by atoms with E-state index in [1.165, 1.54) is 24.9 Å². The van der Waals surface area contributed by atoms with Crippen LogP contribution in [0.5, 0.6) is 0 Å². The monoisotopic (exact) mass is 279 g/mol. The van der Waals surface area contributed by atoms with Gasteiger partial charge in [0, 0.05) is 18.4 Å². The van der Waals surface area contributed by atoms with Crippen molar-refractivity contribution in [2.24, 2.45) is 5.92 Å². The minimum absolute atomic E-state index is 0.177. The first-order valence-corrected chi connectivity index (χ1v) is 6.42. The van der Waals surface area contributed by atoms with Gasteiger partial charge in [0.1, 0.15) is 10.8 Å². The second-order valence-electron chi connectivity index (χ2n) is 4.23. The van der Waals surface area contributed by atoms with Crippen LogP contribution < -0.4 is 5.32 Å². The second kappa shape index (κ2) is 5.77. The first-order chi connectivity index (χ1) is 8.24. The highest BCUT2D eigenvalue weighted by atomic mass is 32.2. The van der Waals surface area contributed by atoms with Crippen molar-refractivity contribution in [3.05, 3.63) is 11.9 Å². The molecule has 18 heavy (non-hydrogen) atoms. The van der Waals surface area contributed by atoms with Crippen LogP contribution in [0, 0.1) is 5.92 Å². The van der Waals surface area contributed by atoms with E-state index in [0.717, 1.165) is 0 Å². The lowest BCUT2D eigenvalue weighted by Gasteiger charge is -2.15.